The molecule has 1 N–H and O–H groups in total. The number of fused-ring (bicyclic) bond motifs is 2. The van der Waals surface area contributed by atoms with Gasteiger partial charge in [-0.3, -0.25) is 0 Å². The van der Waals surface area contributed by atoms with Crippen LogP contribution in [0, 0.1) is 17.8 Å². The molecule has 1 saturated carbocycles. The van der Waals surface area contributed by atoms with Gasteiger partial charge < -0.3 is 10.2 Å². The van der Waals surface area contributed by atoms with Gasteiger partial charge in [0.2, 0.25) is 0 Å². The van der Waals surface area contributed by atoms with Crippen molar-refractivity contribution < 1.29 is 4.79 Å². The van der Waals surface area contributed by atoms with Crippen molar-refractivity contribution in [2.75, 3.05) is 11.9 Å². The molecule has 1 heterocycles. The minimum atomic E-state index is 0.0604. The molecule has 2 unspecified atom stereocenters. The topological polar surface area (TPSA) is 32.3 Å². The summed E-state index contributed by atoms with van der Waals surface area (Å²) in [5.41, 5.74) is 2.73. The van der Waals surface area contributed by atoms with E-state index in [9.17, 15) is 4.79 Å². The monoisotopic (exact) mass is 286 g/mol. The van der Waals surface area contributed by atoms with Crippen LogP contribution in [0.2, 0.25) is 0 Å². The van der Waals surface area contributed by atoms with Gasteiger partial charge in [-0.05, 0) is 49.1 Å². The maximum absolute atomic E-state index is 12.6. The molecule has 1 aliphatic heterocycles. The SMILES string of the molecule is Cc1ccc(NC(=O)N2CC3(C)CC2CC(C)(C)C3)cc1. The number of aryl methyl sites for hydroxylation is 1. The summed E-state index contributed by atoms with van der Waals surface area (Å²) in [6, 6.07) is 8.46. The van der Waals surface area contributed by atoms with Crippen molar-refractivity contribution >= 4 is 11.7 Å². The number of likely N-dealkylation sites (tertiary alicyclic amines) is 1. The molecule has 2 fully saturated rings. The Bertz CT molecular complexity index is 549. The van der Waals surface area contributed by atoms with E-state index in [0.29, 0.717) is 11.5 Å². The maximum Gasteiger partial charge on any atom is 0.322 e. The molecule has 1 aromatic carbocycles. The van der Waals surface area contributed by atoms with Crippen molar-refractivity contribution in [1.82, 2.24) is 4.90 Å². The maximum atomic E-state index is 12.6. The van der Waals surface area contributed by atoms with Crippen LogP contribution >= 0.6 is 0 Å². The molecule has 3 rings (SSSR count). The number of urea groups is 1. The summed E-state index contributed by atoms with van der Waals surface area (Å²) in [6.45, 7) is 9.94. The molecule has 0 radical (unpaired) electrons. The highest BCUT2D eigenvalue weighted by Crippen LogP contribution is 2.52. The Morgan fingerprint density at radius 2 is 1.86 bits per heavy atom. The van der Waals surface area contributed by atoms with Gasteiger partial charge >= 0.3 is 6.03 Å². The predicted octanol–water partition coefficient (Wildman–Crippen LogP) is 4.43. The molecule has 0 spiro atoms. The molecule has 2 aliphatic rings. The van der Waals surface area contributed by atoms with E-state index < -0.39 is 0 Å². The largest absolute Gasteiger partial charge is 0.322 e. The summed E-state index contributed by atoms with van der Waals surface area (Å²) < 4.78 is 0. The van der Waals surface area contributed by atoms with Crippen LogP contribution in [-0.2, 0) is 0 Å². The van der Waals surface area contributed by atoms with Gasteiger partial charge in [0.1, 0.15) is 0 Å². The first kappa shape index (κ1) is 14.4. The fourth-order valence-electron chi connectivity index (χ4n) is 4.53. The van der Waals surface area contributed by atoms with Crippen LogP contribution in [0.5, 0.6) is 0 Å². The zero-order valence-corrected chi connectivity index (χ0v) is 13.6. The average molecular weight is 286 g/mol. The number of carbonyl (C=O) groups excluding carboxylic acids is 1. The van der Waals surface area contributed by atoms with Crippen molar-refractivity contribution in [3.63, 3.8) is 0 Å². The minimum absolute atomic E-state index is 0.0604. The highest BCUT2D eigenvalue weighted by atomic mass is 16.2. The summed E-state index contributed by atoms with van der Waals surface area (Å²) in [5.74, 6) is 0. The number of carbonyl (C=O) groups is 1. The Kier molecular flexibility index (Phi) is 3.27. The number of rotatable bonds is 1. The molecule has 1 aliphatic carbocycles. The van der Waals surface area contributed by atoms with E-state index in [1.54, 1.807) is 0 Å². The lowest BCUT2D eigenvalue weighted by atomic mass is 9.65. The molecule has 1 aromatic rings. The highest BCUT2D eigenvalue weighted by molar-refractivity contribution is 5.89. The first-order valence-corrected chi connectivity index (χ1v) is 7.91. The fraction of sp³-hybridized carbons (Fsp3) is 0.611. The Balaban J connectivity index is 1.73. The van der Waals surface area contributed by atoms with E-state index in [1.165, 1.54) is 12.0 Å². The van der Waals surface area contributed by atoms with Crippen LogP contribution in [0.15, 0.2) is 24.3 Å². The van der Waals surface area contributed by atoms with Crippen LogP contribution < -0.4 is 5.32 Å². The van der Waals surface area contributed by atoms with Gasteiger partial charge in [0.05, 0.1) is 0 Å². The molecule has 2 amide bonds. The molecule has 1 saturated heterocycles. The zero-order valence-electron chi connectivity index (χ0n) is 13.6. The second-order valence-electron chi connectivity index (χ2n) is 8.14. The molecule has 2 atom stereocenters. The number of hydrogen-bond donors (Lipinski definition) is 1. The molecule has 0 aromatic heterocycles. The van der Waals surface area contributed by atoms with Gasteiger partial charge in [0.15, 0.2) is 0 Å². The van der Waals surface area contributed by atoms with Gasteiger partial charge in [-0.2, -0.15) is 0 Å². The van der Waals surface area contributed by atoms with E-state index >= 15 is 0 Å². The van der Waals surface area contributed by atoms with Gasteiger partial charge in [-0.1, -0.05) is 38.5 Å². The molecular formula is C18H26N2O. The van der Waals surface area contributed by atoms with Gasteiger partial charge in [0, 0.05) is 18.3 Å². The van der Waals surface area contributed by atoms with E-state index in [0.717, 1.165) is 25.1 Å². The summed E-state index contributed by atoms with van der Waals surface area (Å²) in [5, 5.41) is 3.06. The van der Waals surface area contributed by atoms with Crippen molar-refractivity contribution in [1.29, 1.82) is 0 Å². The molecular weight excluding hydrogens is 260 g/mol. The minimum Gasteiger partial charge on any atom is -0.321 e. The number of amides is 2. The normalized spacial score (nSPS) is 30.3. The third-order valence-corrected chi connectivity index (χ3v) is 4.98. The summed E-state index contributed by atoms with van der Waals surface area (Å²) in [7, 11) is 0. The molecule has 21 heavy (non-hydrogen) atoms. The Morgan fingerprint density at radius 3 is 2.52 bits per heavy atom. The summed E-state index contributed by atoms with van der Waals surface area (Å²) in [4.78, 5) is 14.7. The lowest BCUT2D eigenvalue weighted by Gasteiger charge is -2.39. The van der Waals surface area contributed by atoms with Crippen LogP contribution in [0.25, 0.3) is 0 Å². The Labute approximate surface area is 127 Å². The molecule has 3 heteroatoms. The number of benzene rings is 1. The number of hydrogen-bond acceptors (Lipinski definition) is 1. The number of nitrogens with one attached hydrogen (secondary N) is 1. The van der Waals surface area contributed by atoms with E-state index in [4.69, 9.17) is 0 Å². The van der Waals surface area contributed by atoms with Crippen LogP contribution in [0.3, 0.4) is 0 Å². The average Bonchev–Trinajstić information content (AvgIpc) is 2.61. The summed E-state index contributed by atoms with van der Waals surface area (Å²) >= 11 is 0. The smallest absolute Gasteiger partial charge is 0.321 e. The van der Waals surface area contributed by atoms with Crippen molar-refractivity contribution in [2.24, 2.45) is 10.8 Å². The van der Waals surface area contributed by atoms with Crippen LogP contribution in [-0.4, -0.2) is 23.5 Å². The first-order chi connectivity index (χ1) is 9.76. The quantitative estimate of drug-likeness (QED) is 0.814. The second-order valence-corrected chi connectivity index (χ2v) is 8.14. The van der Waals surface area contributed by atoms with Crippen LogP contribution in [0.4, 0.5) is 10.5 Å². The predicted molar refractivity (Wildman–Crippen MR) is 86.4 cm³/mol. The summed E-state index contributed by atoms with van der Waals surface area (Å²) in [6.07, 6.45) is 3.48. The van der Waals surface area contributed by atoms with E-state index in [2.05, 4.69) is 37.9 Å². The van der Waals surface area contributed by atoms with Gasteiger partial charge in [-0.25, -0.2) is 4.79 Å². The zero-order chi connectivity index (χ0) is 15.3. The van der Waals surface area contributed by atoms with Crippen molar-refractivity contribution in [3.8, 4) is 0 Å². The second kappa shape index (κ2) is 4.75. The third-order valence-electron chi connectivity index (χ3n) is 4.98. The molecule has 114 valence electrons. The highest BCUT2D eigenvalue weighted by Gasteiger charge is 2.50. The van der Waals surface area contributed by atoms with Crippen molar-refractivity contribution in [3.05, 3.63) is 29.8 Å². The molecule has 3 nitrogen and oxygen atoms in total. The number of anilines is 1. The number of nitrogens with zero attached hydrogens (tertiary/aromatic N) is 1. The lowest BCUT2D eigenvalue weighted by Crippen LogP contribution is -2.40. The third kappa shape index (κ3) is 2.92. The van der Waals surface area contributed by atoms with Crippen LogP contribution in [0.1, 0.15) is 45.6 Å². The Morgan fingerprint density at radius 1 is 1.19 bits per heavy atom. The standard InChI is InChI=1S/C18H26N2O/c1-13-5-7-14(8-6-13)19-16(21)20-12-18(4)10-15(20)9-17(2,3)11-18/h5-8,15H,9-12H2,1-4H3,(H,19,21). The van der Waals surface area contributed by atoms with Gasteiger partial charge in [0.25, 0.3) is 0 Å². The fourth-order valence-corrected chi connectivity index (χ4v) is 4.53. The lowest BCUT2D eigenvalue weighted by molar-refractivity contribution is 0.130. The van der Waals surface area contributed by atoms with E-state index in [1.807, 2.05) is 24.3 Å². The molecule has 2 bridgehead atoms. The van der Waals surface area contributed by atoms with Crippen molar-refractivity contribution in [2.45, 2.75) is 53.0 Å². The van der Waals surface area contributed by atoms with Gasteiger partial charge in [-0.15, -0.1) is 0 Å². The first-order valence-electron chi connectivity index (χ1n) is 7.91. The Hall–Kier alpha value is -1.51. The van der Waals surface area contributed by atoms with E-state index in [-0.39, 0.29) is 11.4 Å².